The Morgan fingerprint density at radius 2 is 2.25 bits per heavy atom. The van der Waals surface area contributed by atoms with Gasteiger partial charge in [-0.15, -0.1) is 12.4 Å². The molecule has 2 N–H and O–H groups in total. The van der Waals surface area contributed by atoms with Crippen molar-refractivity contribution in [1.29, 1.82) is 0 Å². The Hall–Kier alpha value is -1.11. The fraction of sp³-hybridized carbons (Fsp3) is 0.692. The van der Waals surface area contributed by atoms with Crippen LogP contribution in [-0.2, 0) is 17.7 Å². The number of H-pyrrole nitrogens is 1. The van der Waals surface area contributed by atoms with Gasteiger partial charge in [-0.25, -0.2) is 0 Å². The van der Waals surface area contributed by atoms with Gasteiger partial charge in [0.25, 0.3) is 5.91 Å². The lowest BCUT2D eigenvalue weighted by atomic mass is 10.1. The monoisotopic (exact) mass is 302 g/mol. The molecular weight excluding hydrogens is 280 g/mol. The summed E-state index contributed by atoms with van der Waals surface area (Å²) in [7, 11) is 0. The minimum atomic E-state index is -0.0107. The molecule has 1 aliphatic heterocycles. The molecule has 2 rings (SSSR count). The summed E-state index contributed by atoms with van der Waals surface area (Å²) in [5.74, 6) is -0.0107. The van der Waals surface area contributed by atoms with E-state index in [0.717, 1.165) is 30.8 Å². The van der Waals surface area contributed by atoms with Gasteiger partial charge in [0.05, 0.1) is 6.61 Å². The van der Waals surface area contributed by atoms with Crippen molar-refractivity contribution in [3.63, 3.8) is 0 Å². The number of aromatic amines is 1. The molecule has 0 bridgehead atoms. The predicted octanol–water partition coefficient (Wildman–Crippen LogP) is 0.976. The van der Waals surface area contributed by atoms with Crippen LogP contribution in [0.3, 0.4) is 0 Å². The number of amides is 1. The lowest BCUT2D eigenvalue weighted by molar-refractivity contribution is 0.0662. The average Bonchev–Trinajstić information content (AvgIpc) is 2.87. The minimum Gasteiger partial charge on any atom is -0.380 e. The molecule has 20 heavy (non-hydrogen) atoms. The summed E-state index contributed by atoms with van der Waals surface area (Å²) < 4.78 is 5.31. The lowest BCUT2D eigenvalue weighted by Crippen LogP contribution is -2.35. The van der Waals surface area contributed by atoms with Crippen LogP contribution in [0.5, 0.6) is 0 Å². The van der Waals surface area contributed by atoms with Crippen LogP contribution in [0.4, 0.5) is 0 Å². The van der Waals surface area contributed by atoms with Crippen LogP contribution in [0, 0.1) is 0 Å². The quantitative estimate of drug-likeness (QED) is 0.769. The zero-order valence-corrected chi connectivity index (χ0v) is 12.9. The van der Waals surface area contributed by atoms with Gasteiger partial charge in [-0.1, -0.05) is 0 Å². The first-order valence-electron chi connectivity index (χ1n) is 6.91. The van der Waals surface area contributed by atoms with Crippen LogP contribution in [0.2, 0.25) is 0 Å². The Balaban J connectivity index is 0.00000200. The second kappa shape index (κ2) is 8.24. The van der Waals surface area contributed by atoms with Gasteiger partial charge in [0.1, 0.15) is 0 Å². The molecule has 1 aliphatic rings. The topological polar surface area (TPSA) is 70.2 Å². The Morgan fingerprint density at radius 1 is 1.45 bits per heavy atom. The van der Waals surface area contributed by atoms with E-state index in [0.29, 0.717) is 32.0 Å². The van der Waals surface area contributed by atoms with E-state index in [1.54, 1.807) is 4.90 Å². The van der Waals surface area contributed by atoms with Crippen molar-refractivity contribution in [3.8, 4) is 0 Å². The van der Waals surface area contributed by atoms with Crippen LogP contribution in [0.25, 0.3) is 0 Å². The normalized spacial score (nSPS) is 13.5. The summed E-state index contributed by atoms with van der Waals surface area (Å²) >= 11 is 0. The van der Waals surface area contributed by atoms with Gasteiger partial charge in [-0.3, -0.25) is 9.89 Å². The van der Waals surface area contributed by atoms with E-state index in [2.05, 4.69) is 15.5 Å². The Morgan fingerprint density at radius 3 is 2.95 bits per heavy atom. The molecule has 114 valence electrons. The number of nitrogens with one attached hydrogen (secondary N) is 2. The van der Waals surface area contributed by atoms with E-state index in [-0.39, 0.29) is 18.3 Å². The van der Waals surface area contributed by atoms with Crippen molar-refractivity contribution in [2.24, 2.45) is 0 Å². The predicted molar refractivity (Wildman–Crippen MR) is 79.3 cm³/mol. The number of likely N-dealkylation sites (N-methyl/N-ethyl adjacent to an activating group) is 1. The molecule has 0 saturated heterocycles. The highest BCUT2D eigenvalue weighted by Gasteiger charge is 2.24. The first kappa shape index (κ1) is 16.9. The van der Waals surface area contributed by atoms with Crippen molar-refractivity contribution in [1.82, 2.24) is 20.4 Å². The number of carbonyl (C=O) groups is 1. The molecular formula is C13H23ClN4O2. The standard InChI is InChI=1S/C13H22N4O2.ClH/c1-3-17(7-8-19-4-2)13(18)12-10-9-14-6-5-11(10)15-16-12;/h14H,3-9H2,1-2H3,(H,15,16);1H. The largest absolute Gasteiger partial charge is 0.380 e. The van der Waals surface area contributed by atoms with Crippen molar-refractivity contribution in [2.45, 2.75) is 26.8 Å². The number of carbonyl (C=O) groups excluding carboxylic acids is 1. The first-order chi connectivity index (χ1) is 9.27. The number of fused-ring (bicyclic) bond motifs is 1. The van der Waals surface area contributed by atoms with Crippen molar-refractivity contribution >= 4 is 18.3 Å². The van der Waals surface area contributed by atoms with Gasteiger partial charge in [-0.05, 0) is 13.8 Å². The highest BCUT2D eigenvalue weighted by atomic mass is 35.5. The van der Waals surface area contributed by atoms with E-state index in [1.165, 1.54) is 0 Å². The van der Waals surface area contributed by atoms with Crippen molar-refractivity contribution in [2.75, 3.05) is 32.8 Å². The highest BCUT2D eigenvalue weighted by Crippen LogP contribution is 2.16. The molecule has 0 radical (unpaired) electrons. The molecule has 6 nitrogen and oxygen atoms in total. The van der Waals surface area contributed by atoms with Crippen LogP contribution < -0.4 is 5.32 Å². The maximum Gasteiger partial charge on any atom is 0.274 e. The third-order valence-corrected chi connectivity index (χ3v) is 3.39. The molecule has 2 heterocycles. The summed E-state index contributed by atoms with van der Waals surface area (Å²) in [5, 5.41) is 10.5. The van der Waals surface area contributed by atoms with Gasteiger partial charge < -0.3 is 15.0 Å². The summed E-state index contributed by atoms with van der Waals surface area (Å²) in [6.45, 7) is 8.10. The second-order valence-electron chi connectivity index (χ2n) is 4.54. The zero-order chi connectivity index (χ0) is 13.7. The smallest absolute Gasteiger partial charge is 0.274 e. The maximum atomic E-state index is 12.5. The average molecular weight is 303 g/mol. The summed E-state index contributed by atoms with van der Waals surface area (Å²) in [6.07, 6.45) is 0.903. The highest BCUT2D eigenvalue weighted by molar-refractivity contribution is 5.94. The molecule has 7 heteroatoms. The van der Waals surface area contributed by atoms with Crippen LogP contribution >= 0.6 is 12.4 Å². The second-order valence-corrected chi connectivity index (χ2v) is 4.54. The van der Waals surface area contributed by atoms with Gasteiger partial charge in [-0.2, -0.15) is 5.10 Å². The fourth-order valence-corrected chi connectivity index (χ4v) is 2.27. The Labute approximate surface area is 125 Å². The maximum absolute atomic E-state index is 12.5. The molecule has 0 aliphatic carbocycles. The molecule has 0 atom stereocenters. The van der Waals surface area contributed by atoms with E-state index in [4.69, 9.17) is 4.74 Å². The van der Waals surface area contributed by atoms with Crippen LogP contribution in [0.15, 0.2) is 0 Å². The molecule has 1 amide bonds. The van der Waals surface area contributed by atoms with Crippen molar-refractivity contribution < 1.29 is 9.53 Å². The Bertz CT molecular complexity index is 436. The molecule has 0 unspecified atom stereocenters. The molecule has 0 saturated carbocycles. The third-order valence-electron chi connectivity index (χ3n) is 3.39. The van der Waals surface area contributed by atoms with Gasteiger partial charge in [0, 0.05) is 50.5 Å². The van der Waals surface area contributed by atoms with Gasteiger partial charge in [0.15, 0.2) is 5.69 Å². The number of nitrogens with zero attached hydrogens (tertiary/aromatic N) is 2. The molecule has 1 aromatic rings. The molecule has 0 spiro atoms. The van der Waals surface area contributed by atoms with Gasteiger partial charge in [0.2, 0.25) is 0 Å². The fourth-order valence-electron chi connectivity index (χ4n) is 2.27. The minimum absolute atomic E-state index is 0. The molecule has 0 fully saturated rings. The Kier molecular flexibility index (Phi) is 6.98. The number of hydrogen-bond acceptors (Lipinski definition) is 4. The summed E-state index contributed by atoms with van der Waals surface area (Å²) in [6, 6.07) is 0. The van der Waals surface area contributed by atoms with E-state index < -0.39 is 0 Å². The first-order valence-corrected chi connectivity index (χ1v) is 6.91. The molecule has 1 aromatic heterocycles. The summed E-state index contributed by atoms with van der Waals surface area (Å²) in [4.78, 5) is 14.2. The SMILES string of the molecule is CCOCCN(CC)C(=O)c1n[nH]c2c1CNCC2.Cl. The van der Waals surface area contributed by atoms with Gasteiger partial charge >= 0.3 is 0 Å². The zero-order valence-electron chi connectivity index (χ0n) is 12.1. The van der Waals surface area contributed by atoms with E-state index in [9.17, 15) is 4.79 Å². The lowest BCUT2D eigenvalue weighted by Gasteiger charge is -2.21. The molecule has 0 aromatic carbocycles. The third kappa shape index (κ3) is 3.71. The number of hydrogen-bond donors (Lipinski definition) is 2. The van der Waals surface area contributed by atoms with E-state index >= 15 is 0 Å². The van der Waals surface area contributed by atoms with Crippen molar-refractivity contribution in [3.05, 3.63) is 17.0 Å². The number of ether oxygens (including phenoxy) is 1. The van der Waals surface area contributed by atoms with E-state index in [1.807, 2.05) is 13.8 Å². The van der Waals surface area contributed by atoms with Crippen LogP contribution in [0.1, 0.15) is 35.6 Å². The summed E-state index contributed by atoms with van der Waals surface area (Å²) in [5.41, 5.74) is 2.66. The van der Waals surface area contributed by atoms with Crippen LogP contribution in [-0.4, -0.2) is 53.9 Å². The number of aromatic nitrogens is 2. The number of halogens is 1. The number of rotatable bonds is 6.